The maximum absolute atomic E-state index is 5.21. The number of nitrogens with zero attached hydrogens (tertiary/aromatic N) is 2. The van der Waals surface area contributed by atoms with Gasteiger partial charge in [-0.05, 0) is 42.0 Å². The lowest BCUT2D eigenvalue weighted by Crippen LogP contribution is -2.06. The van der Waals surface area contributed by atoms with Crippen LogP contribution in [0.1, 0.15) is 5.56 Å². The number of aromatic nitrogens is 2. The van der Waals surface area contributed by atoms with E-state index in [0.717, 1.165) is 28.4 Å². The van der Waals surface area contributed by atoms with Crippen LogP contribution in [0.3, 0.4) is 0 Å². The number of imidazole rings is 1. The van der Waals surface area contributed by atoms with Crippen LogP contribution in [0, 0.1) is 0 Å². The highest BCUT2D eigenvalue weighted by atomic mass is 16.5. The summed E-state index contributed by atoms with van der Waals surface area (Å²) in [7, 11) is 1.68. The van der Waals surface area contributed by atoms with Gasteiger partial charge < -0.3 is 10.1 Å². The SMILES string of the molecule is COc1ccc(CNc2nc3ccccc3n2-c2ccccc2)cc1. The molecule has 0 aliphatic rings. The number of hydrogen-bond acceptors (Lipinski definition) is 3. The van der Waals surface area contributed by atoms with E-state index in [1.54, 1.807) is 7.11 Å². The smallest absolute Gasteiger partial charge is 0.208 e. The first-order chi connectivity index (χ1) is 12.3. The van der Waals surface area contributed by atoms with E-state index < -0.39 is 0 Å². The molecule has 0 aliphatic carbocycles. The molecule has 1 heterocycles. The van der Waals surface area contributed by atoms with Gasteiger partial charge in [-0.3, -0.25) is 4.57 Å². The van der Waals surface area contributed by atoms with Gasteiger partial charge in [0.1, 0.15) is 5.75 Å². The Bertz CT molecular complexity index is 975. The quantitative estimate of drug-likeness (QED) is 0.579. The fourth-order valence-electron chi connectivity index (χ4n) is 2.91. The Morgan fingerprint density at radius 2 is 1.60 bits per heavy atom. The lowest BCUT2D eigenvalue weighted by atomic mass is 10.2. The molecule has 0 spiro atoms. The second-order valence-corrected chi connectivity index (χ2v) is 5.80. The van der Waals surface area contributed by atoms with E-state index in [0.29, 0.717) is 6.54 Å². The highest BCUT2D eigenvalue weighted by Gasteiger charge is 2.11. The highest BCUT2D eigenvalue weighted by molar-refractivity contribution is 5.81. The van der Waals surface area contributed by atoms with Crippen molar-refractivity contribution in [3.63, 3.8) is 0 Å². The first-order valence-corrected chi connectivity index (χ1v) is 8.25. The van der Waals surface area contributed by atoms with Crippen LogP contribution >= 0.6 is 0 Å². The van der Waals surface area contributed by atoms with Gasteiger partial charge in [0.15, 0.2) is 0 Å². The normalized spacial score (nSPS) is 10.8. The number of rotatable bonds is 5. The summed E-state index contributed by atoms with van der Waals surface area (Å²) in [5, 5.41) is 3.47. The van der Waals surface area contributed by atoms with E-state index in [4.69, 9.17) is 9.72 Å². The summed E-state index contributed by atoms with van der Waals surface area (Å²) in [4.78, 5) is 4.77. The van der Waals surface area contributed by atoms with Crippen LogP contribution in [-0.2, 0) is 6.54 Å². The van der Waals surface area contributed by atoms with Crippen LogP contribution in [0.15, 0.2) is 78.9 Å². The lowest BCUT2D eigenvalue weighted by molar-refractivity contribution is 0.414. The van der Waals surface area contributed by atoms with Gasteiger partial charge in [0.05, 0.1) is 18.1 Å². The number of anilines is 1. The van der Waals surface area contributed by atoms with Crippen molar-refractivity contribution in [1.29, 1.82) is 0 Å². The average molecular weight is 329 g/mol. The molecule has 0 unspecified atom stereocenters. The van der Waals surface area contributed by atoms with Gasteiger partial charge in [-0.25, -0.2) is 4.98 Å². The van der Waals surface area contributed by atoms with Gasteiger partial charge in [0.2, 0.25) is 5.95 Å². The number of ether oxygens (including phenoxy) is 1. The lowest BCUT2D eigenvalue weighted by Gasteiger charge is -2.11. The minimum atomic E-state index is 0.695. The summed E-state index contributed by atoms with van der Waals surface area (Å²) < 4.78 is 7.36. The number of nitrogens with one attached hydrogen (secondary N) is 1. The van der Waals surface area contributed by atoms with Crippen molar-refractivity contribution in [2.75, 3.05) is 12.4 Å². The fourth-order valence-corrected chi connectivity index (χ4v) is 2.91. The van der Waals surface area contributed by atoms with Gasteiger partial charge in [0, 0.05) is 12.2 Å². The third-order valence-electron chi connectivity index (χ3n) is 4.18. The van der Waals surface area contributed by atoms with E-state index in [1.165, 1.54) is 5.56 Å². The van der Waals surface area contributed by atoms with Crippen molar-refractivity contribution in [3.8, 4) is 11.4 Å². The minimum absolute atomic E-state index is 0.695. The van der Waals surface area contributed by atoms with Crippen LogP contribution in [0.5, 0.6) is 5.75 Å². The molecular weight excluding hydrogens is 310 g/mol. The summed E-state index contributed by atoms with van der Waals surface area (Å²) in [6.45, 7) is 0.695. The largest absolute Gasteiger partial charge is 0.497 e. The molecule has 0 saturated heterocycles. The molecule has 1 N–H and O–H groups in total. The molecule has 0 fully saturated rings. The van der Waals surface area contributed by atoms with E-state index in [2.05, 4.69) is 40.2 Å². The Morgan fingerprint density at radius 3 is 2.36 bits per heavy atom. The van der Waals surface area contributed by atoms with Crippen molar-refractivity contribution in [3.05, 3.63) is 84.4 Å². The third-order valence-corrected chi connectivity index (χ3v) is 4.18. The standard InChI is InChI=1S/C21H19N3O/c1-25-18-13-11-16(12-14-18)15-22-21-23-19-9-5-6-10-20(19)24(21)17-7-3-2-4-8-17/h2-14H,15H2,1H3,(H,22,23). The fraction of sp³-hybridized carbons (Fsp3) is 0.0952. The predicted molar refractivity (Wildman–Crippen MR) is 101 cm³/mol. The van der Waals surface area contributed by atoms with Gasteiger partial charge >= 0.3 is 0 Å². The zero-order chi connectivity index (χ0) is 17.1. The maximum Gasteiger partial charge on any atom is 0.208 e. The van der Waals surface area contributed by atoms with Crippen molar-refractivity contribution >= 4 is 17.0 Å². The number of methoxy groups -OCH3 is 1. The van der Waals surface area contributed by atoms with Crippen molar-refractivity contribution in [2.24, 2.45) is 0 Å². The van der Waals surface area contributed by atoms with E-state index >= 15 is 0 Å². The van der Waals surface area contributed by atoms with E-state index in [1.807, 2.05) is 48.5 Å². The molecule has 0 aliphatic heterocycles. The van der Waals surface area contributed by atoms with Crippen LogP contribution in [0.2, 0.25) is 0 Å². The molecular formula is C21H19N3O. The summed E-state index contributed by atoms with van der Waals surface area (Å²) in [6, 6.07) is 26.5. The average Bonchev–Trinajstić information content (AvgIpc) is 3.06. The molecule has 0 atom stereocenters. The summed E-state index contributed by atoms with van der Waals surface area (Å²) in [5.41, 5.74) is 4.33. The number of benzene rings is 3. The molecule has 0 bridgehead atoms. The summed E-state index contributed by atoms with van der Waals surface area (Å²) in [6.07, 6.45) is 0. The highest BCUT2D eigenvalue weighted by Crippen LogP contribution is 2.25. The first kappa shape index (κ1) is 15.3. The molecule has 25 heavy (non-hydrogen) atoms. The second-order valence-electron chi connectivity index (χ2n) is 5.80. The van der Waals surface area contributed by atoms with E-state index in [-0.39, 0.29) is 0 Å². The van der Waals surface area contributed by atoms with Gasteiger partial charge in [-0.2, -0.15) is 0 Å². The Kier molecular flexibility index (Phi) is 4.09. The Hall–Kier alpha value is -3.27. The first-order valence-electron chi connectivity index (χ1n) is 8.25. The molecule has 1 aromatic heterocycles. The zero-order valence-corrected chi connectivity index (χ0v) is 14.0. The summed E-state index contributed by atoms with van der Waals surface area (Å²) in [5.74, 6) is 1.70. The van der Waals surface area contributed by atoms with Crippen LogP contribution in [0.4, 0.5) is 5.95 Å². The number of fused-ring (bicyclic) bond motifs is 1. The van der Waals surface area contributed by atoms with Crippen molar-refractivity contribution < 1.29 is 4.74 Å². The van der Waals surface area contributed by atoms with E-state index in [9.17, 15) is 0 Å². The third kappa shape index (κ3) is 3.06. The topological polar surface area (TPSA) is 39.1 Å². The van der Waals surface area contributed by atoms with Crippen LogP contribution in [0.25, 0.3) is 16.7 Å². The number of hydrogen-bond donors (Lipinski definition) is 1. The molecule has 4 aromatic rings. The number of para-hydroxylation sites is 3. The van der Waals surface area contributed by atoms with Gasteiger partial charge in [0.25, 0.3) is 0 Å². The minimum Gasteiger partial charge on any atom is -0.497 e. The molecule has 0 amide bonds. The Balaban J connectivity index is 1.68. The molecule has 124 valence electrons. The molecule has 4 heteroatoms. The Labute approximate surface area is 146 Å². The van der Waals surface area contributed by atoms with Gasteiger partial charge in [-0.15, -0.1) is 0 Å². The Morgan fingerprint density at radius 1 is 0.880 bits per heavy atom. The van der Waals surface area contributed by atoms with Crippen LogP contribution in [-0.4, -0.2) is 16.7 Å². The summed E-state index contributed by atoms with van der Waals surface area (Å²) >= 11 is 0. The predicted octanol–water partition coefficient (Wildman–Crippen LogP) is 4.65. The monoisotopic (exact) mass is 329 g/mol. The zero-order valence-electron chi connectivity index (χ0n) is 14.0. The molecule has 4 rings (SSSR count). The molecule has 4 nitrogen and oxygen atoms in total. The second kappa shape index (κ2) is 6.69. The van der Waals surface area contributed by atoms with Crippen molar-refractivity contribution in [2.45, 2.75) is 6.54 Å². The molecule has 0 radical (unpaired) electrons. The maximum atomic E-state index is 5.21. The molecule has 0 saturated carbocycles. The van der Waals surface area contributed by atoms with Crippen LogP contribution < -0.4 is 10.1 Å². The van der Waals surface area contributed by atoms with Gasteiger partial charge in [-0.1, -0.05) is 42.5 Å². The molecule has 3 aromatic carbocycles. The van der Waals surface area contributed by atoms with Crippen molar-refractivity contribution in [1.82, 2.24) is 9.55 Å².